The van der Waals surface area contributed by atoms with Gasteiger partial charge in [-0.1, -0.05) is 12.1 Å². The van der Waals surface area contributed by atoms with E-state index in [1.165, 1.54) is 43.1 Å². The number of carbonyl (C=O) groups is 3. The zero-order valence-corrected chi connectivity index (χ0v) is 16.7. The van der Waals surface area contributed by atoms with Gasteiger partial charge >= 0.3 is 5.97 Å². The molecule has 0 aliphatic carbocycles. The topological polar surface area (TPSA) is 151 Å². The number of carboxylic acid groups (broad SMARTS) is 1. The number of aliphatic carboxylic acids is 1. The number of benzene rings is 1. The number of methoxy groups -OCH3 is 1. The Labute approximate surface area is 167 Å². The van der Waals surface area contributed by atoms with Crippen molar-refractivity contribution in [2.75, 3.05) is 13.7 Å². The Bertz CT molecular complexity index is 739. The normalized spacial score (nSPS) is 23.0. The fraction of sp³-hybridized carbons (Fsp3) is 0.500. The molecular weight excluding hydrogens is 386 g/mol. The van der Waals surface area contributed by atoms with Crippen LogP contribution in [0.25, 0.3) is 0 Å². The van der Waals surface area contributed by atoms with Gasteiger partial charge in [-0.3, -0.25) is 19.7 Å². The minimum Gasteiger partial charge on any atom is -0.508 e. The van der Waals surface area contributed by atoms with Gasteiger partial charge in [0.25, 0.3) is 0 Å². The van der Waals surface area contributed by atoms with Crippen LogP contribution in [0.5, 0.6) is 5.75 Å². The van der Waals surface area contributed by atoms with Crippen LogP contribution in [0, 0.1) is 0 Å². The lowest BCUT2D eigenvalue weighted by Gasteiger charge is -2.25. The van der Waals surface area contributed by atoms with Crippen molar-refractivity contribution in [3.63, 3.8) is 0 Å². The van der Waals surface area contributed by atoms with Crippen molar-refractivity contribution in [1.82, 2.24) is 10.6 Å². The summed E-state index contributed by atoms with van der Waals surface area (Å²) in [6.45, 7) is 3.27. The second-order valence-electron chi connectivity index (χ2n) is 7.03. The molecule has 0 spiro atoms. The van der Waals surface area contributed by atoms with Crippen LogP contribution in [0.4, 0.5) is 0 Å². The average Bonchev–Trinajstić information content (AvgIpc) is 2.94. The molecule has 0 saturated carbocycles. The van der Waals surface area contributed by atoms with Crippen molar-refractivity contribution >= 4 is 29.4 Å². The van der Waals surface area contributed by atoms with E-state index in [9.17, 15) is 24.6 Å². The molecule has 1 aliphatic rings. The highest BCUT2D eigenvalue weighted by molar-refractivity contribution is 8.01. The van der Waals surface area contributed by atoms with Gasteiger partial charge in [-0.15, -0.1) is 11.8 Å². The molecule has 1 fully saturated rings. The van der Waals surface area contributed by atoms with Gasteiger partial charge in [0.15, 0.2) is 5.78 Å². The molecule has 0 radical (unpaired) electrons. The first-order valence-corrected chi connectivity index (χ1v) is 9.48. The van der Waals surface area contributed by atoms with Crippen molar-refractivity contribution in [2.24, 2.45) is 5.73 Å². The van der Waals surface area contributed by atoms with Crippen molar-refractivity contribution in [3.8, 4) is 5.75 Å². The second-order valence-corrected chi connectivity index (χ2v) is 8.83. The molecule has 154 valence electrons. The summed E-state index contributed by atoms with van der Waals surface area (Å²) < 4.78 is 4.21. The lowest BCUT2D eigenvalue weighted by molar-refractivity contribution is -0.140. The minimum atomic E-state index is -1.06. The quantitative estimate of drug-likeness (QED) is 0.398. The summed E-state index contributed by atoms with van der Waals surface area (Å²) in [5.41, 5.74) is 6.44. The van der Waals surface area contributed by atoms with Gasteiger partial charge in [-0.25, -0.2) is 0 Å². The maximum absolute atomic E-state index is 12.6. The lowest BCUT2D eigenvalue weighted by Crippen LogP contribution is -2.55. The molecule has 9 nitrogen and oxygen atoms in total. The molecule has 4 atom stereocenters. The number of carbonyl (C=O) groups excluding carboxylic acids is 2. The van der Waals surface area contributed by atoms with Gasteiger partial charge in [0, 0.05) is 11.9 Å². The van der Waals surface area contributed by atoms with Crippen LogP contribution < -0.4 is 16.4 Å². The first-order valence-electron chi connectivity index (χ1n) is 8.60. The van der Waals surface area contributed by atoms with E-state index in [-0.39, 0.29) is 12.4 Å². The van der Waals surface area contributed by atoms with Crippen molar-refractivity contribution in [2.45, 2.75) is 42.1 Å². The summed E-state index contributed by atoms with van der Waals surface area (Å²) in [6, 6.07) is 2.87. The van der Waals surface area contributed by atoms with Gasteiger partial charge < -0.3 is 26.0 Å². The van der Waals surface area contributed by atoms with E-state index < -0.39 is 45.9 Å². The van der Waals surface area contributed by atoms with E-state index in [0.717, 1.165) is 0 Å². The van der Waals surface area contributed by atoms with E-state index in [1.54, 1.807) is 13.8 Å². The molecule has 2 rings (SSSR count). The summed E-state index contributed by atoms with van der Waals surface area (Å²) >= 11 is 1.26. The Morgan fingerprint density at radius 1 is 1.32 bits per heavy atom. The first-order chi connectivity index (χ1) is 13.1. The molecule has 1 aromatic rings. The van der Waals surface area contributed by atoms with Crippen LogP contribution in [0.2, 0.25) is 0 Å². The molecule has 28 heavy (non-hydrogen) atoms. The first kappa shape index (κ1) is 22.2. The van der Waals surface area contributed by atoms with Crippen molar-refractivity contribution < 1.29 is 29.3 Å². The summed E-state index contributed by atoms with van der Waals surface area (Å²) in [4.78, 5) is 36.7. The maximum Gasteiger partial charge on any atom is 0.322 e. The third-order valence-corrected chi connectivity index (χ3v) is 5.98. The smallest absolute Gasteiger partial charge is 0.322 e. The molecule has 1 amide bonds. The predicted octanol–water partition coefficient (Wildman–Crippen LogP) is -0.0134. The Hall–Kier alpha value is -2.14. The monoisotopic (exact) mass is 411 g/mol. The zero-order valence-electron chi connectivity index (χ0n) is 15.8. The van der Waals surface area contributed by atoms with E-state index in [0.29, 0.717) is 5.56 Å². The zero-order chi connectivity index (χ0) is 21.1. The maximum atomic E-state index is 12.6. The highest BCUT2D eigenvalue weighted by Gasteiger charge is 2.49. The molecule has 1 aliphatic heterocycles. The number of hydrogen-bond donors (Lipinski definition) is 5. The summed E-state index contributed by atoms with van der Waals surface area (Å²) in [7, 11) is 1.36. The lowest BCUT2D eigenvalue weighted by atomic mass is 10.0. The molecule has 1 saturated heterocycles. The number of rotatable bonds is 8. The van der Waals surface area contributed by atoms with E-state index in [2.05, 4.69) is 10.6 Å². The highest BCUT2D eigenvalue weighted by atomic mass is 32.2. The molecular formula is C18H25N3O6S. The summed E-state index contributed by atoms with van der Waals surface area (Å²) in [5, 5.41) is 23.6. The number of phenols is 1. The number of carboxylic acids is 1. The fourth-order valence-corrected chi connectivity index (χ4v) is 4.48. The molecule has 10 heteroatoms. The molecule has 0 aromatic heterocycles. The molecule has 1 heterocycles. The van der Waals surface area contributed by atoms with Crippen molar-refractivity contribution in [1.29, 1.82) is 0 Å². The summed E-state index contributed by atoms with van der Waals surface area (Å²) in [5.74, 6) is -2.00. The van der Waals surface area contributed by atoms with Crippen LogP contribution in [-0.2, 0) is 19.1 Å². The molecule has 1 aromatic carbocycles. The Kier molecular flexibility index (Phi) is 7.05. The SMILES string of the molecule is COCC(=O)[C@@H](NC(=O)[C@H](N)c1ccc(O)cc1)[C@@H]1NC(C(=O)O)C(C)(C)S1. The molecule has 1 unspecified atom stereocenters. The Balaban J connectivity index is 2.19. The van der Waals surface area contributed by atoms with Crippen LogP contribution in [0.15, 0.2) is 24.3 Å². The van der Waals surface area contributed by atoms with Gasteiger partial charge in [-0.05, 0) is 31.5 Å². The second kappa shape index (κ2) is 8.91. The number of nitrogens with one attached hydrogen (secondary N) is 2. The number of nitrogens with two attached hydrogens (primary N) is 1. The Morgan fingerprint density at radius 2 is 1.93 bits per heavy atom. The van der Waals surface area contributed by atoms with E-state index >= 15 is 0 Å². The summed E-state index contributed by atoms with van der Waals surface area (Å²) in [6.07, 6.45) is 0. The third kappa shape index (κ3) is 5.02. The minimum absolute atomic E-state index is 0.0398. The van der Waals surface area contributed by atoms with Crippen LogP contribution in [-0.4, -0.2) is 63.8 Å². The van der Waals surface area contributed by atoms with E-state index in [1.807, 2.05) is 0 Å². The highest BCUT2D eigenvalue weighted by Crippen LogP contribution is 2.39. The molecule has 0 bridgehead atoms. The van der Waals surface area contributed by atoms with Crippen molar-refractivity contribution in [3.05, 3.63) is 29.8 Å². The van der Waals surface area contributed by atoms with Gasteiger partial charge in [0.1, 0.15) is 30.5 Å². The standard InChI is InChI=1S/C18H25N3O6S/c1-18(2)14(17(25)26)21-16(28-18)13(11(23)8-27-3)20-15(24)12(19)9-4-6-10(22)7-5-9/h4-7,12-14,16,21-22H,8,19H2,1-3H3,(H,20,24)(H,25,26)/t12-,13-,14?,16-/m1/s1. The van der Waals surface area contributed by atoms with Crippen LogP contribution in [0.1, 0.15) is 25.5 Å². The molecule has 6 N–H and O–H groups in total. The number of ether oxygens (including phenoxy) is 1. The van der Waals surface area contributed by atoms with Gasteiger partial charge in [0.05, 0.1) is 5.37 Å². The number of ketones is 1. The van der Waals surface area contributed by atoms with Gasteiger partial charge in [-0.2, -0.15) is 0 Å². The number of amides is 1. The number of thioether (sulfide) groups is 1. The fourth-order valence-electron chi connectivity index (χ4n) is 2.96. The van der Waals surface area contributed by atoms with Crippen LogP contribution in [0.3, 0.4) is 0 Å². The van der Waals surface area contributed by atoms with Gasteiger partial charge in [0.2, 0.25) is 5.91 Å². The predicted molar refractivity (Wildman–Crippen MR) is 104 cm³/mol. The Morgan fingerprint density at radius 3 is 2.43 bits per heavy atom. The number of phenolic OH excluding ortho intramolecular Hbond substituents is 1. The van der Waals surface area contributed by atoms with Crippen LogP contribution >= 0.6 is 11.8 Å². The number of aromatic hydroxyl groups is 1. The average molecular weight is 411 g/mol. The largest absolute Gasteiger partial charge is 0.508 e. The third-order valence-electron chi connectivity index (χ3n) is 4.47. The van der Waals surface area contributed by atoms with E-state index in [4.69, 9.17) is 10.5 Å². The number of hydrogen-bond acceptors (Lipinski definition) is 8. The number of Topliss-reactive ketones (excluding diaryl/α,β-unsaturated/α-hetero) is 1.